The van der Waals surface area contributed by atoms with E-state index in [-0.39, 0.29) is 12.1 Å². The second-order valence-electron chi connectivity index (χ2n) is 4.66. The molecule has 0 aliphatic carbocycles. The Hall–Kier alpha value is -1.35. The molecule has 1 aromatic rings. The number of benzene rings is 1. The lowest BCUT2D eigenvalue weighted by molar-refractivity contribution is -0.156. The third-order valence-electron chi connectivity index (χ3n) is 2.72. The molecule has 94 valence electrons. The van der Waals surface area contributed by atoms with E-state index >= 15 is 0 Å². The van der Waals surface area contributed by atoms with Gasteiger partial charge >= 0.3 is 5.97 Å². The molecule has 3 heteroatoms. The van der Waals surface area contributed by atoms with Gasteiger partial charge in [-0.3, -0.25) is 4.79 Å². The van der Waals surface area contributed by atoms with E-state index in [2.05, 4.69) is 0 Å². The van der Waals surface area contributed by atoms with E-state index in [0.29, 0.717) is 6.61 Å². The number of ether oxygens (including phenoxy) is 2. The molecule has 0 heterocycles. The van der Waals surface area contributed by atoms with Crippen LogP contribution >= 0.6 is 0 Å². The highest BCUT2D eigenvalue weighted by Crippen LogP contribution is 2.24. The van der Waals surface area contributed by atoms with Gasteiger partial charge in [-0.05, 0) is 26.3 Å². The quantitative estimate of drug-likeness (QED) is 0.737. The van der Waals surface area contributed by atoms with Crippen LogP contribution in [0.2, 0.25) is 0 Å². The molecule has 0 saturated heterocycles. The van der Waals surface area contributed by atoms with Crippen molar-refractivity contribution in [2.75, 3.05) is 13.7 Å². The van der Waals surface area contributed by atoms with Crippen LogP contribution in [0.5, 0.6) is 0 Å². The van der Waals surface area contributed by atoms with Crippen molar-refractivity contribution in [3.63, 3.8) is 0 Å². The Bertz CT molecular complexity index is 357. The molecule has 0 saturated carbocycles. The summed E-state index contributed by atoms with van der Waals surface area (Å²) in [5, 5.41) is 0. The lowest BCUT2D eigenvalue weighted by atomic mass is 9.85. The Kier molecular flexibility index (Phi) is 4.70. The van der Waals surface area contributed by atoms with Gasteiger partial charge in [-0.2, -0.15) is 0 Å². The molecule has 1 rings (SSSR count). The second-order valence-corrected chi connectivity index (χ2v) is 4.66. The van der Waals surface area contributed by atoms with Gasteiger partial charge in [-0.1, -0.05) is 30.3 Å². The van der Waals surface area contributed by atoms with Crippen molar-refractivity contribution < 1.29 is 14.3 Å². The van der Waals surface area contributed by atoms with Crippen LogP contribution in [0.3, 0.4) is 0 Å². The second kappa shape index (κ2) is 5.82. The highest BCUT2D eigenvalue weighted by Gasteiger charge is 2.32. The van der Waals surface area contributed by atoms with Gasteiger partial charge in [0.2, 0.25) is 0 Å². The molecule has 0 aromatic heterocycles. The van der Waals surface area contributed by atoms with Crippen LogP contribution in [0.4, 0.5) is 0 Å². The summed E-state index contributed by atoms with van der Waals surface area (Å²) in [4.78, 5) is 12.1. The summed E-state index contributed by atoms with van der Waals surface area (Å²) < 4.78 is 10.3. The number of carbonyl (C=O) groups is 1. The molecule has 0 radical (unpaired) electrons. The van der Waals surface area contributed by atoms with E-state index in [1.54, 1.807) is 7.11 Å². The Morgan fingerprint density at radius 3 is 2.41 bits per heavy atom. The Balaban J connectivity index is 2.74. The number of hydrogen-bond donors (Lipinski definition) is 0. The molecule has 1 unspecified atom stereocenters. The number of esters is 1. The van der Waals surface area contributed by atoms with Gasteiger partial charge in [0.1, 0.15) is 6.10 Å². The first-order chi connectivity index (χ1) is 7.98. The van der Waals surface area contributed by atoms with E-state index in [1.165, 1.54) is 0 Å². The van der Waals surface area contributed by atoms with Crippen LogP contribution in [0.15, 0.2) is 30.3 Å². The molecule has 1 atom stereocenters. The average Bonchev–Trinajstić information content (AvgIpc) is 2.30. The monoisotopic (exact) mass is 236 g/mol. The smallest absolute Gasteiger partial charge is 0.316 e. The van der Waals surface area contributed by atoms with Gasteiger partial charge in [0, 0.05) is 7.11 Å². The molecule has 0 fully saturated rings. The highest BCUT2D eigenvalue weighted by atomic mass is 16.6. The van der Waals surface area contributed by atoms with Crippen molar-refractivity contribution in [2.45, 2.75) is 32.3 Å². The number of methoxy groups -OCH3 is 1. The Morgan fingerprint density at radius 2 is 1.88 bits per heavy atom. The zero-order chi connectivity index (χ0) is 12.9. The van der Waals surface area contributed by atoms with Crippen LogP contribution in [0.25, 0.3) is 0 Å². The van der Waals surface area contributed by atoms with Gasteiger partial charge in [-0.15, -0.1) is 0 Å². The largest absolute Gasteiger partial charge is 0.460 e. The summed E-state index contributed by atoms with van der Waals surface area (Å²) in [6.45, 7) is 5.97. The van der Waals surface area contributed by atoms with Crippen molar-refractivity contribution in [3.05, 3.63) is 35.9 Å². The Morgan fingerprint density at radius 1 is 1.29 bits per heavy atom. The normalized spacial score (nSPS) is 13.2. The number of hydrogen-bond acceptors (Lipinski definition) is 3. The van der Waals surface area contributed by atoms with E-state index in [0.717, 1.165) is 5.56 Å². The van der Waals surface area contributed by atoms with Gasteiger partial charge in [0.05, 0.1) is 12.0 Å². The molecule has 0 aliphatic rings. The fourth-order valence-electron chi connectivity index (χ4n) is 1.57. The minimum Gasteiger partial charge on any atom is -0.460 e. The molecular formula is C14H20O3. The lowest BCUT2D eigenvalue weighted by Crippen LogP contribution is -2.34. The fourth-order valence-corrected chi connectivity index (χ4v) is 1.57. The minimum absolute atomic E-state index is 0.226. The van der Waals surface area contributed by atoms with Gasteiger partial charge in [-0.25, -0.2) is 0 Å². The van der Waals surface area contributed by atoms with Crippen molar-refractivity contribution in [1.82, 2.24) is 0 Å². The molecule has 0 N–H and O–H groups in total. The molecule has 1 aromatic carbocycles. The summed E-state index contributed by atoms with van der Waals surface area (Å²) >= 11 is 0. The summed E-state index contributed by atoms with van der Waals surface area (Å²) in [7, 11) is 1.59. The molecule has 3 nitrogen and oxygen atoms in total. The van der Waals surface area contributed by atoms with E-state index in [4.69, 9.17) is 9.47 Å². The van der Waals surface area contributed by atoms with Crippen LogP contribution in [0.1, 0.15) is 26.3 Å². The topological polar surface area (TPSA) is 35.5 Å². The summed E-state index contributed by atoms with van der Waals surface area (Å²) in [5.74, 6) is -0.228. The first-order valence-electron chi connectivity index (χ1n) is 5.74. The molecule has 0 amide bonds. The third kappa shape index (κ3) is 3.56. The predicted octanol–water partition coefficient (Wildman–Crippen LogP) is 2.54. The highest BCUT2D eigenvalue weighted by molar-refractivity contribution is 5.82. The van der Waals surface area contributed by atoms with E-state index in [1.807, 2.05) is 51.1 Å². The van der Waals surface area contributed by atoms with Gasteiger partial charge in [0.25, 0.3) is 0 Å². The summed E-state index contributed by atoms with van der Waals surface area (Å²) in [6, 6.07) is 9.63. The SMILES string of the molecule is COCC(C)OC(=O)C(C)(C)c1ccccc1. The van der Waals surface area contributed by atoms with Crippen molar-refractivity contribution in [2.24, 2.45) is 0 Å². The van der Waals surface area contributed by atoms with Crippen molar-refractivity contribution >= 4 is 5.97 Å². The first kappa shape index (κ1) is 13.7. The van der Waals surface area contributed by atoms with Crippen LogP contribution < -0.4 is 0 Å². The third-order valence-corrected chi connectivity index (χ3v) is 2.72. The predicted molar refractivity (Wildman–Crippen MR) is 66.9 cm³/mol. The number of carbonyl (C=O) groups excluding carboxylic acids is 1. The number of rotatable bonds is 5. The van der Waals surface area contributed by atoms with E-state index < -0.39 is 5.41 Å². The summed E-state index contributed by atoms with van der Waals surface area (Å²) in [6.07, 6.45) is -0.226. The standard InChI is InChI=1S/C14H20O3/c1-11(10-16-4)17-13(15)14(2,3)12-8-6-5-7-9-12/h5-9,11H,10H2,1-4H3. The van der Waals surface area contributed by atoms with Crippen molar-refractivity contribution in [3.8, 4) is 0 Å². The lowest BCUT2D eigenvalue weighted by Gasteiger charge is -2.25. The van der Waals surface area contributed by atoms with Gasteiger partial charge < -0.3 is 9.47 Å². The zero-order valence-corrected chi connectivity index (χ0v) is 10.9. The Labute approximate surface area is 103 Å². The van der Waals surface area contributed by atoms with Crippen LogP contribution in [-0.2, 0) is 19.7 Å². The molecule has 0 spiro atoms. The van der Waals surface area contributed by atoms with Crippen LogP contribution in [0, 0.1) is 0 Å². The fraction of sp³-hybridized carbons (Fsp3) is 0.500. The van der Waals surface area contributed by atoms with Gasteiger partial charge in [0.15, 0.2) is 0 Å². The first-order valence-corrected chi connectivity index (χ1v) is 5.74. The summed E-state index contributed by atoms with van der Waals surface area (Å²) in [5.41, 5.74) is 0.318. The van der Waals surface area contributed by atoms with Crippen LogP contribution in [-0.4, -0.2) is 25.8 Å². The molecular weight excluding hydrogens is 216 g/mol. The molecule has 0 aliphatic heterocycles. The zero-order valence-electron chi connectivity index (χ0n) is 10.9. The van der Waals surface area contributed by atoms with Crippen molar-refractivity contribution in [1.29, 1.82) is 0 Å². The van der Waals surface area contributed by atoms with E-state index in [9.17, 15) is 4.79 Å². The maximum atomic E-state index is 12.1. The maximum absolute atomic E-state index is 12.1. The minimum atomic E-state index is -0.636. The maximum Gasteiger partial charge on any atom is 0.316 e. The molecule has 0 bridgehead atoms. The average molecular weight is 236 g/mol. The molecule has 17 heavy (non-hydrogen) atoms.